The SMILES string of the molecule is CC(O)C(C)OC1(CN)CCCCC1C(C)(C)C. The Hall–Kier alpha value is -0.120. The number of hydrogen-bond acceptors (Lipinski definition) is 3. The van der Waals surface area contributed by atoms with Crippen molar-refractivity contribution in [2.75, 3.05) is 6.54 Å². The van der Waals surface area contributed by atoms with Crippen LogP contribution in [0.3, 0.4) is 0 Å². The molecule has 1 saturated carbocycles. The molecule has 0 amide bonds. The van der Waals surface area contributed by atoms with Crippen molar-refractivity contribution in [3.8, 4) is 0 Å². The molecule has 0 aromatic carbocycles. The summed E-state index contributed by atoms with van der Waals surface area (Å²) in [5.41, 5.74) is 6.00. The maximum absolute atomic E-state index is 9.68. The Morgan fingerprint density at radius 3 is 2.39 bits per heavy atom. The molecule has 3 heteroatoms. The molecule has 0 radical (unpaired) electrons. The second-order valence-corrected chi connectivity index (χ2v) is 7.00. The van der Waals surface area contributed by atoms with Gasteiger partial charge >= 0.3 is 0 Å². The number of rotatable bonds is 4. The first kappa shape index (κ1) is 15.9. The van der Waals surface area contributed by atoms with Crippen molar-refractivity contribution < 1.29 is 9.84 Å². The van der Waals surface area contributed by atoms with E-state index >= 15 is 0 Å². The number of aliphatic hydroxyl groups is 1. The first-order chi connectivity index (χ1) is 8.23. The topological polar surface area (TPSA) is 55.5 Å². The fourth-order valence-electron chi connectivity index (χ4n) is 3.33. The molecule has 0 aromatic heterocycles. The molecule has 1 aliphatic rings. The third-order valence-electron chi connectivity index (χ3n) is 4.47. The maximum Gasteiger partial charge on any atom is 0.0842 e. The lowest BCUT2D eigenvalue weighted by atomic mass is 9.63. The van der Waals surface area contributed by atoms with Crippen LogP contribution in [0.15, 0.2) is 0 Å². The summed E-state index contributed by atoms with van der Waals surface area (Å²) in [5.74, 6) is 0.463. The predicted molar refractivity (Wildman–Crippen MR) is 75.4 cm³/mol. The van der Waals surface area contributed by atoms with Crippen LogP contribution in [0.1, 0.15) is 60.3 Å². The molecule has 1 fully saturated rings. The molecule has 1 rings (SSSR count). The normalized spacial score (nSPS) is 33.2. The third-order valence-corrected chi connectivity index (χ3v) is 4.47. The van der Waals surface area contributed by atoms with Crippen molar-refractivity contribution in [1.29, 1.82) is 0 Å². The van der Waals surface area contributed by atoms with Gasteiger partial charge in [-0.15, -0.1) is 0 Å². The highest BCUT2D eigenvalue weighted by atomic mass is 16.5. The summed E-state index contributed by atoms with van der Waals surface area (Å²) in [6, 6.07) is 0. The van der Waals surface area contributed by atoms with Crippen molar-refractivity contribution in [3.05, 3.63) is 0 Å². The predicted octanol–water partition coefficient (Wildman–Crippen LogP) is 2.71. The van der Waals surface area contributed by atoms with Gasteiger partial charge in [0.2, 0.25) is 0 Å². The van der Waals surface area contributed by atoms with Crippen LogP contribution >= 0.6 is 0 Å². The van der Waals surface area contributed by atoms with Crippen molar-refractivity contribution in [3.63, 3.8) is 0 Å². The molecular weight excluding hydrogens is 226 g/mol. The second kappa shape index (κ2) is 5.89. The Morgan fingerprint density at radius 2 is 1.94 bits per heavy atom. The molecule has 0 saturated heterocycles. The summed E-state index contributed by atoms with van der Waals surface area (Å²) >= 11 is 0. The van der Waals surface area contributed by atoms with Crippen molar-refractivity contribution >= 4 is 0 Å². The highest BCUT2D eigenvalue weighted by Crippen LogP contribution is 2.46. The lowest BCUT2D eigenvalue weighted by molar-refractivity contribution is -0.179. The molecule has 0 heterocycles. The Kier molecular flexibility index (Phi) is 5.22. The average Bonchev–Trinajstić information content (AvgIpc) is 2.28. The van der Waals surface area contributed by atoms with Crippen molar-refractivity contribution in [2.45, 2.75) is 78.1 Å². The molecule has 3 N–H and O–H groups in total. The number of hydrogen-bond donors (Lipinski definition) is 2. The molecule has 3 nitrogen and oxygen atoms in total. The Labute approximate surface area is 112 Å². The van der Waals surface area contributed by atoms with Gasteiger partial charge < -0.3 is 15.6 Å². The average molecular weight is 257 g/mol. The van der Waals surface area contributed by atoms with Crippen LogP contribution in [0.5, 0.6) is 0 Å². The van der Waals surface area contributed by atoms with Gasteiger partial charge in [-0.3, -0.25) is 0 Å². The summed E-state index contributed by atoms with van der Waals surface area (Å²) in [4.78, 5) is 0. The van der Waals surface area contributed by atoms with Crippen molar-refractivity contribution in [2.24, 2.45) is 17.1 Å². The van der Waals surface area contributed by atoms with E-state index in [2.05, 4.69) is 20.8 Å². The van der Waals surface area contributed by atoms with Crippen molar-refractivity contribution in [1.82, 2.24) is 0 Å². The molecule has 0 aliphatic heterocycles. The van der Waals surface area contributed by atoms with Gasteiger partial charge in [0.25, 0.3) is 0 Å². The Morgan fingerprint density at radius 1 is 1.33 bits per heavy atom. The van der Waals surface area contributed by atoms with E-state index in [1.807, 2.05) is 6.92 Å². The zero-order valence-electron chi connectivity index (χ0n) is 12.7. The summed E-state index contributed by atoms with van der Waals surface area (Å²) in [7, 11) is 0. The van der Waals surface area contributed by atoms with Gasteiger partial charge in [-0.25, -0.2) is 0 Å². The summed E-state index contributed by atoms with van der Waals surface area (Å²) in [6.07, 6.45) is 4.02. The van der Waals surface area contributed by atoms with Crippen LogP contribution in [0.2, 0.25) is 0 Å². The van der Waals surface area contributed by atoms with E-state index < -0.39 is 6.10 Å². The molecule has 108 valence electrons. The van der Waals surface area contributed by atoms with Crippen LogP contribution in [0.4, 0.5) is 0 Å². The Bertz CT molecular complexity index is 260. The highest BCUT2D eigenvalue weighted by Gasteiger charge is 2.47. The van der Waals surface area contributed by atoms with E-state index in [9.17, 15) is 5.11 Å². The summed E-state index contributed by atoms with van der Waals surface area (Å²) < 4.78 is 6.25. The van der Waals surface area contributed by atoms with Crippen LogP contribution in [-0.4, -0.2) is 29.5 Å². The van der Waals surface area contributed by atoms with E-state index in [0.29, 0.717) is 12.5 Å². The zero-order valence-corrected chi connectivity index (χ0v) is 12.7. The number of ether oxygens (including phenoxy) is 1. The molecule has 0 spiro atoms. The van der Waals surface area contributed by atoms with Crippen LogP contribution in [0, 0.1) is 11.3 Å². The molecule has 1 aliphatic carbocycles. The lowest BCUT2D eigenvalue weighted by Crippen LogP contribution is -2.56. The first-order valence-corrected chi connectivity index (χ1v) is 7.29. The van der Waals surface area contributed by atoms with Crippen LogP contribution < -0.4 is 5.73 Å². The highest BCUT2D eigenvalue weighted by molar-refractivity contribution is 4.98. The van der Waals surface area contributed by atoms with Crippen LogP contribution in [-0.2, 0) is 4.74 Å². The number of aliphatic hydroxyl groups excluding tert-OH is 1. The second-order valence-electron chi connectivity index (χ2n) is 7.00. The fourth-order valence-corrected chi connectivity index (χ4v) is 3.33. The van der Waals surface area contributed by atoms with Gasteiger partial charge in [-0.1, -0.05) is 33.6 Å². The van der Waals surface area contributed by atoms with Gasteiger partial charge in [0, 0.05) is 6.54 Å². The molecule has 4 atom stereocenters. The van der Waals surface area contributed by atoms with E-state index in [0.717, 1.165) is 6.42 Å². The summed E-state index contributed by atoms with van der Waals surface area (Å²) in [6.45, 7) is 11.1. The van der Waals surface area contributed by atoms with Gasteiger partial charge in [-0.2, -0.15) is 0 Å². The van der Waals surface area contributed by atoms with E-state index in [-0.39, 0.29) is 17.1 Å². The monoisotopic (exact) mass is 257 g/mol. The standard InChI is InChI=1S/C15H31NO2/c1-11(17)12(2)18-15(10-16)9-7-6-8-13(15)14(3,4)5/h11-13,17H,6-10,16H2,1-5H3. The van der Waals surface area contributed by atoms with Gasteiger partial charge in [0.15, 0.2) is 0 Å². The van der Waals surface area contributed by atoms with E-state index in [4.69, 9.17) is 10.5 Å². The molecule has 0 aromatic rings. The Balaban J connectivity index is 2.93. The van der Waals surface area contributed by atoms with E-state index in [1.54, 1.807) is 6.92 Å². The zero-order chi connectivity index (χ0) is 14.0. The van der Waals surface area contributed by atoms with Crippen LogP contribution in [0.25, 0.3) is 0 Å². The van der Waals surface area contributed by atoms with Gasteiger partial charge in [0.1, 0.15) is 0 Å². The summed E-state index contributed by atoms with van der Waals surface area (Å²) in [5, 5.41) is 9.68. The molecule has 18 heavy (non-hydrogen) atoms. The number of nitrogens with two attached hydrogens (primary N) is 1. The molecule has 4 unspecified atom stereocenters. The molecular formula is C15H31NO2. The first-order valence-electron chi connectivity index (χ1n) is 7.29. The van der Waals surface area contributed by atoms with Gasteiger partial charge in [-0.05, 0) is 38.0 Å². The quantitative estimate of drug-likeness (QED) is 0.814. The minimum absolute atomic E-state index is 0.156. The largest absolute Gasteiger partial charge is 0.391 e. The molecule has 0 bridgehead atoms. The fraction of sp³-hybridized carbons (Fsp3) is 1.00. The minimum atomic E-state index is -0.448. The minimum Gasteiger partial charge on any atom is -0.391 e. The van der Waals surface area contributed by atoms with Gasteiger partial charge in [0.05, 0.1) is 17.8 Å². The van der Waals surface area contributed by atoms with E-state index in [1.165, 1.54) is 19.3 Å². The lowest BCUT2D eigenvalue weighted by Gasteiger charge is -2.50. The maximum atomic E-state index is 9.68. The third kappa shape index (κ3) is 3.46. The smallest absolute Gasteiger partial charge is 0.0842 e.